The van der Waals surface area contributed by atoms with Crippen LogP contribution in [0.4, 0.5) is 5.82 Å². The molecule has 0 bridgehead atoms. The van der Waals surface area contributed by atoms with Gasteiger partial charge in [-0.05, 0) is 15.9 Å². The molecule has 1 aromatic carbocycles. The second-order valence-corrected chi connectivity index (χ2v) is 4.94. The molecule has 0 radical (unpaired) electrons. The van der Waals surface area contributed by atoms with Crippen molar-refractivity contribution in [3.05, 3.63) is 40.6 Å². The zero-order valence-electron chi connectivity index (χ0n) is 9.81. The van der Waals surface area contributed by atoms with E-state index in [9.17, 15) is 0 Å². The van der Waals surface area contributed by atoms with Crippen molar-refractivity contribution in [2.75, 3.05) is 5.73 Å². The smallest absolute Gasteiger partial charge is 0.142 e. The Kier molecular flexibility index (Phi) is 3.43. The Labute approximate surface area is 109 Å². The van der Waals surface area contributed by atoms with Crippen molar-refractivity contribution in [3.8, 4) is 11.3 Å². The number of aromatic nitrogens is 2. The van der Waals surface area contributed by atoms with E-state index < -0.39 is 0 Å². The van der Waals surface area contributed by atoms with E-state index in [1.54, 1.807) is 0 Å². The minimum Gasteiger partial charge on any atom is -0.383 e. The van der Waals surface area contributed by atoms with Crippen molar-refractivity contribution in [3.63, 3.8) is 0 Å². The zero-order valence-corrected chi connectivity index (χ0v) is 11.4. The van der Waals surface area contributed by atoms with E-state index in [2.05, 4.69) is 39.7 Å². The van der Waals surface area contributed by atoms with Crippen LogP contribution in [0.2, 0.25) is 0 Å². The summed E-state index contributed by atoms with van der Waals surface area (Å²) in [7, 11) is 0. The summed E-state index contributed by atoms with van der Waals surface area (Å²) in [5, 5.41) is 0. The van der Waals surface area contributed by atoms with Crippen LogP contribution >= 0.6 is 15.9 Å². The molecule has 0 saturated carbocycles. The fraction of sp³-hybridized carbons (Fsp3) is 0.231. The van der Waals surface area contributed by atoms with Crippen molar-refractivity contribution >= 4 is 21.7 Å². The predicted molar refractivity (Wildman–Crippen MR) is 73.7 cm³/mol. The van der Waals surface area contributed by atoms with Crippen LogP contribution < -0.4 is 5.73 Å². The normalized spacial score (nSPS) is 10.8. The number of nitrogens with two attached hydrogens (primary N) is 1. The quantitative estimate of drug-likeness (QED) is 0.920. The van der Waals surface area contributed by atoms with Crippen LogP contribution in [0.15, 0.2) is 34.8 Å². The van der Waals surface area contributed by atoms with Crippen molar-refractivity contribution in [1.82, 2.24) is 9.97 Å². The minimum atomic E-state index is 0.257. The Morgan fingerprint density at radius 3 is 2.35 bits per heavy atom. The molecule has 1 aromatic heterocycles. The molecule has 2 rings (SSSR count). The first-order valence-corrected chi connectivity index (χ1v) is 6.27. The van der Waals surface area contributed by atoms with Crippen LogP contribution in [0.25, 0.3) is 11.3 Å². The van der Waals surface area contributed by atoms with E-state index in [0.717, 1.165) is 21.6 Å². The van der Waals surface area contributed by atoms with Crippen LogP contribution in [-0.4, -0.2) is 9.97 Å². The van der Waals surface area contributed by atoms with Gasteiger partial charge in [0.25, 0.3) is 0 Å². The fourth-order valence-corrected chi connectivity index (χ4v) is 1.93. The number of nitrogens with zero attached hydrogens (tertiary/aromatic N) is 2. The molecule has 2 N–H and O–H groups in total. The molecule has 0 saturated heterocycles. The lowest BCUT2D eigenvalue weighted by atomic mass is 10.1. The summed E-state index contributed by atoms with van der Waals surface area (Å²) in [5.41, 5.74) is 7.78. The highest BCUT2D eigenvalue weighted by molar-refractivity contribution is 9.10. The van der Waals surface area contributed by atoms with Gasteiger partial charge in [-0.15, -0.1) is 0 Å². The van der Waals surface area contributed by atoms with E-state index in [1.165, 1.54) is 0 Å². The first-order valence-electron chi connectivity index (χ1n) is 5.48. The van der Waals surface area contributed by atoms with Gasteiger partial charge in [0.2, 0.25) is 0 Å². The number of anilines is 1. The fourth-order valence-electron chi connectivity index (χ4n) is 1.53. The van der Waals surface area contributed by atoms with Crippen LogP contribution in [0.3, 0.4) is 0 Å². The third kappa shape index (κ3) is 2.47. The van der Waals surface area contributed by atoms with E-state index >= 15 is 0 Å². The Balaban J connectivity index is 2.61. The molecule has 0 atom stereocenters. The first kappa shape index (κ1) is 12.0. The number of halogens is 1. The monoisotopic (exact) mass is 291 g/mol. The number of hydrogen-bond acceptors (Lipinski definition) is 3. The molecule has 4 heteroatoms. The van der Waals surface area contributed by atoms with Gasteiger partial charge >= 0.3 is 0 Å². The van der Waals surface area contributed by atoms with E-state index in [-0.39, 0.29) is 5.92 Å². The van der Waals surface area contributed by atoms with Crippen molar-refractivity contribution in [2.24, 2.45) is 0 Å². The Morgan fingerprint density at radius 1 is 1.12 bits per heavy atom. The third-order valence-corrected chi connectivity index (χ3v) is 3.24. The lowest BCUT2D eigenvalue weighted by Gasteiger charge is -2.10. The van der Waals surface area contributed by atoms with Crippen LogP contribution in [0.5, 0.6) is 0 Å². The molecular formula is C13H14BrN3. The lowest BCUT2D eigenvalue weighted by molar-refractivity contribution is 0.777. The lowest BCUT2D eigenvalue weighted by Crippen LogP contribution is -2.04. The highest BCUT2D eigenvalue weighted by atomic mass is 79.9. The molecule has 88 valence electrons. The maximum Gasteiger partial charge on any atom is 0.142 e. The maximum absolute atomic E-state index is 5.90. The molecule has 0 aliphatic carbocycles. The summed E-state index contributed by atoms with van der Waals surface area (Å²) in [5.74, 6) is 1.51. The summed E-state index contributed by atoms with van der Waals surface area (Å²) in [6, 6.07) is 9.96. The minimum absolute atomic E-state index is 0.257. The van der Waals surface area contributed by atoms with E-state index in [0.29, 0.717) is 5.82 Å². The highest BCUT2D eigenvalue weighted by Gasteiger charge is 2.13. The molecule has 0 aliphatic rings. The standard InChI is InChI=1S/C13H14BrN3/c1-8(2)13-16-11(10(14)12(15)17-13)9-6-4-3-5-7-9/h3-8H,1-2H3,(H2,15,16,17). The molecule has 0 fully saturated rings. The topological polar surface area (TPSA) is 51.8 Å². The van der Waals surface area contributed by atoms with Crippen molar-refractivity contribution in [2.45, 2.75) is 19.8 Å². The Bertz CT molecular complexity index is 524. The van der Waals surface area contributed by atoms with Gasteiger partial charge in [0, 0.05) is 11.5 Å². The summed E-state index contributed by atoms with van der Waals surface area (Å²) >= 11 is 3.45. The van der Waals surface area contributed by atoms with Gasteiger partial charge in [-0.3, -0.25) is 0 Å². The maximum atomic E-state index is 5.90. The number of benzene rings is 1. The molecule has 0 amide bonds. The van der Waals surface area contributed by atoms with Gasteiger partial charge in [-0.25, -0.2) is 9.97 Å². The molecule has 1 heterocycles. The number of hydrogen-bond donors (Lipinski definition) is 1. The highest BCUT2D eigenvalue weighted by Crippen LogP contribution is 2.31. The van der Waals surface area contributed by atoms with Crippen molar-refractivity contribution < 1.29 is 0 Å². The molecule has 0 spiro atoms. The predicted octanol–water partition coefficient (Wildman–Crippen LogP) is 3.61. The van der Waals surface area contributed by atoms with E-state index in [4.69, 9.17) is 5.73 Å². The summed E-state index contributed by atoms with van der Waals surface area (Å²) in [4.78, 5) is 8.84. The molecule has 17 heavy (non-hydrogen) atoms. The number of rotatable bonds is 2. The third-order valence-electron chi connectivity index (χ3n) is 2.46. The summed E-state index contributed by atoms with van der Waals surface area (Å²) < 4.78 is 0.758. The van der Waals surface area contributed by atoms with Gasteiger partial charge < -0.3 is 5.73 Å². The SMILES string of the molecule is CC(C)c1nc(N)c(Br)c(-c2ccccc2)n1. The average molecular weight is 292 g/mol. The van der Waals surface area contributed by atoms with Crippen LogP contribution in [0, 0.1) is 0 Å². The summed E-state index contributed by atoms with van der Waals surface area (Å²) in [6.45, 7) is 4.11. The average Bonchev–Trinajstić information content (AvgIpc) is 2.33. The Hall–Kier alpha value is -1.42. The number of nitrogen functional groups attached to an aromatic ring is 1. The first-order chi connectivity index (χ1) is 8.09. The Morgan fingerprint density at radius 2 is 1.76 bits per heavy atom. The molecule has 3 nitrogen and oxygen atoms in total. The molecule has 0 aliphatic heterocycles. The largest absolute Gasteiger partial charge is 0.383 e. The van der Waals surface area contributed by atoms with Gasteiger partial charge in [0.1, 0.15) is 11.6 Å². The van der Waals surface area contributed by atoms with Gasteiger partial charge in [0.15, 0.2) is 0 Å². The molecule has 0 unspecified atom stereocenters. The molecular weight excluding hydrogens is 278 g/mol. The van der Waals surface area contributed by atoms with Gasteiger partial charge in [-0.2, -0.15) is 0 Å². The van der Waals surface area contributed by atoms with E-state index in [1.807, 2.05) is 30.3 Å². The summed E-state index contributed by atoms with van der Waals surface area (Å²) in [6.07, 6.45) is 0. The van der Waals surface area contributed by atoms with Gasteiger partial charge in [-0.1, -0.05) is 44.2 Å². The molecule has 2 aromatic rings. The second-order valence-electron chi connectivity index (χ2n) is 4.15. The van der Waals surface area contributed by atoms with Gasteiger partial charge in [0.05, 0.1) is 10.2 Å². The van der Waals surface area contributed by atoms with Crippen LogP contribution in [0.1, 0.15) is 25.6 Å². The second kappa shape index (κ2) is 4.84. The van der Waals surface area contributed by atoms with Crippen molar-refractivity contribution in [1.29, 1.82) is 0 Å². The van der Waals surface area contributed by atoms with Crippen LogP contribution in [-0.2, 0) is 0 Å². The zero-order chi connectivity index (χ0) is 12.4.